The van der Waals surface area contributed by atoms with Crippen LogP contribution >= 0.6 is 22.7 Å². The summed E-state index contributed by atoms with van der Waals surface area (Å²) in [6.07, 6.45) is 0. The van der Waals surface area contributed by atoms with Gasteiger partial charge in [-0.3, -0.25) is 10.1 Å². The van der Waals surface area contributed by atoms with Gasteiger partial charge in [0.1, 0.15) is 5.69 Å². The molecule has 4 aromatic rings. The molecule has 0 atom stereocenters. The number of fused-ring (bicyclic) bond motifs is 1. The molecular weight excluding hydrogens is 338 g/mol. The molecule has 0 saturated heterocycles. The largest absolute Gasteiger partial charge is 0.336 e. The fraction of sp³-hybridized carbons (Fsp3) is 0.111. The second-order valence-corrected chi connectivity index (χ2v) is 7.11. The molecule has 120 valence electrons. The van der Waals surface area contributed by atoms with Crippen LogP contribution < -0.4 is 5.32 Å². The molecule has 1 amide bonds. The van der Waals surface area contributed by atoms with Crippen molar-refractivity contribution in [2.24, 2.45) is 0 Å². The summed E-state index contributed by atoms with van der Waals surface area (Å²) in [4.78, 5) is 17.2. The number of carbonyl (C=O) groups is 1. The highest BCUT2D eigenvalue weighted by Gasteiger charge is 2.17. The van der Waals surface area contributed by atoms with Crippen LogP contribution in [-0.2, 0) is 6.54 Å². The average molecular weight is 353 g/mol. The molecule has 6 heteroatoms. The van der Waals surface area contributed by atoms with E-state index < -0.39 is 0 Å². The zero-order valence-corrected chi connectivity index (χ0v) is 14.7. The van der Waals surface area contributed by atoms with Crippen molar-refractivity contribution < 1.29 is 4.79 Å². The molecule has 1 N–H and O–H groups in total. The highest BCUT2D eigenvalue weighted by molar-refractivity contribution is 7.17. The Kier molecular flexibility index (Phi) is 3.92. The Labute approximate surface area is 147 Å². The highest BCUT2D eigenvalue weighted by Crippen LogP contribution is 2.28. The number of thiazole rings is 1. The van der Waals surface area contributed by atoms with Crippen molar-refractivity contribution >= 4 is 43.9 Å². The molecule has 0 spiro atoms. The van der Waals surface area contributed by atoms with E-state index in [0.717, 1.165) is 28.0 Å². The minimum absolute atomic E-state index is 0.116. The molecule has 0 bridgehead atoms. The summed E-state index contributed by atoms with van der Waals surface area (Å²) < 4.78 is 3.17. The van der Waals surface area contributed by atoms with Crippen LogP contribution in [0.3, 0.4) is 0 Å². The summed E-state index contributed by atoms with van der Waals surface area (Å²) >= 11 is 3.09. The van der Waals surface area contributed by atoms with E-state index in [0.29, 0.717) is 10.8 Å². The lowest BCUT2D eigenvalue weighted by atomic mass is 10.2. The van der Waals surface area contributed by atoms with E-state index in [-0.39, 0.29) is 5.91 Å². The summed E-state index contributed by atoms with van der Waals surface area (Å²) in [5, 5.41) is 7.55. The van der Waals surface area contributed by atoms with Crippen molar-refractivity contribution in [1.29, 1.82) is 0 Å². The first-order valence-electron chi connectivity index (χ1n) is 7.65. The van der Waals surface area contributed by atoms with Crippen LogP contribution in [0.1, 0.15) is 17.4 Å². The van der Waals surface area contributed by atoms with Crippen LogP contribution in [0.4, 0.5) is 5.13 Å². The first kappa shape index (κ1) is 15.1. The smallest absolute Gasteiger partial charge is 0.274 e. The van der Waals surface area contributed by atoms with Gasteiger partial charge in [0.2, 0.25) is 0 Å². The summed E-state index contributed by atoms with van der Waals surface area (Å²) in [6.45, 7) is 2.81. The van der Waals surface area contributed by atoms with Gasteiger partial charge in [-0.2, -0.15) is 0 Å². The number of aromatic nitrogens is 2. The van der Waals surface area contributed by atoms with Gasteiger partial charge in [-0.25, -0.2) is 4.98 Å². The van der Waals surface area contributed by atoms with Crippen molar-refractivity contribution in [2.45, 2.75) is 13.5 Å². The van der Waals surface area contributed by atoms with Crippen LogP contribution in [0.25, 0.3) is 21.5 Å². The van der Waals surface area contributed by atoms with E-state index >= 15 is 0 Å². The first-order valence-corrected chi connectivity index (χ1v) is 9.41. The summed E-state index contributed by atoms with van der Waals surface area (Å²) in [5.41, 5.74) is 3.71. The van der Waals surface area contributed by atoms with Crippen LogP contribution in [0.2, 0.25) is 0 Å². The number of hydrogen-bond donors (Lipinski definition) is 1. The maximum Gasteiger partial charge on any atom is 0.274 e. The van der Waals surface area contributed by atoms with Gasteiger partial charge >= 0.3 is 0 Å². The van der Waals surface area contributed by atoms with Crippen LogP contribution in [0.15, 0.2) is 53.2 Å². The Bertz CT molecular complexity index is 998. The molecule has 0 aliphatic rings. The maximum absolute atomic E-state index is 12.6. The predicted octanol–water partition coefficient (Wildman–Crippen LogP) is 5.10. The van der Waals surface area contributed by atoms with Gasteiger partial charge in [0.05, 0.1) is 15.9 Å². The van der Waals surface area contributed by atoms with E-state index in [1.54, 1.807) is 11.3 Å². The molecule has 0 aliphatic heterocycles. The van der Waals surface area contributed by atoms with E-state index in [2.05, 4.69) is 16.4 Å². The van der Waals surface area contributed by atoms with Gasteiger partial charge < -0.3 is 4.57 Å². The molecule has 24 heavy (non-hydrogen) atoms. The maximum atomic E-state index is 12.6. The quantitative estimate of drug-likeness (QED) is 0.555. The van der Waals surface area contributed by atoms with Crippen molar-refractivity contribution in [3.8, 4) is 11.3 Å². The molecule has 1 aromatic carbocycles. The third-order valence-electron chi connectivity index (χ3n) is 3.87. The van der Waals surface area contributed by atoms with Gasteiger partial charge in [-0.05, 0) is 24.4 Å². The summed E-state index contributed by atoms with van der Waals surface area (Å²) in [5.74, 6) is -0.116. The van der Waals surface area contributed by atoms with E-state index in [1.807, 2.05) is 58.6 Å². The molecule has 0 radical (unpaired) electrons. The second kappa shape index (κ2) is 6.22. The number of rotatable bonds is 4. The Hall–Kier alpha value is -2.44. The standard InChI is InChI=1S/C18H15N3OS2/c1-2-21-14-8-9-23-16(14)10-15(21)17(22)20-18-19-13(11-24-18)12-6-4-3-5-7-12/h3-11H,2H2,1H3,(H,19,20,22). The molecule has 0 fully saturated rings. The molecule has 3 heterocycles. The van der Waals surface area contributed by atoms with Crippen LogP contribution in [0.5, 0.6) is 0 Å². The number of aryl methyl sites for hydroxylation is 1. The number of nitrogens with one attached hydrogen (secondary N) is 1. The topological polar surface area (TPSA) is 46.9 Å². The summed E-state index contributed by atoms with van der Waals surface area (Å²) in [6, 6.07) is 14.0. The minimum atomic E-state index is -0.116. The van der Waals surface area contributed by atoms with E-state index in [1.165, 1.54) is 11.3 Å². The van der Waals surface area contributed by atoms with Crippen LogP contribution in [-0.4, -0.2) is 15.5 Å². The Morgan fingerprint density at radius 1 is 1.21 bits per heavy atom. The van der Waals surface area contributed by atoms with Gasteiger partial charge in [-0.15, -0.1) is 22.7 Å². The number of anilines is 1. The zero-order valence-electron chi connectivity index (χ0n) is 13.0. The lowest BCUT2D eigenvalue weighted by Gasteiger charge is -2.06. The minimum Gasteiger partial charge on any atom is -0.336 e. The number of nitrogens with zero attached hydrogens (tertiary/aromatic N) is 2. The molecule has 4 rings (SSSR count). The van der Waals surface area contributed by atoms with E-state index in [4.69, 9.17) is 0 Å². The fourth-order valence-corrected chi connectivity index (χ4v) is 4.28. The van der Waals surface area contributed by atoms with Gasteiger partial charge in [0.15, 0.2) is 5.13 Å². The Morgan fingerprint density at radius 3 is 2.83 bits per heavy atom. The second-order valence-electron chi connectivity index (χ2n) is 5.30. The summed E-state index contributed by atoms with van der Waals surface area (Å²) in [7, 11) is 0. The lowest BCUT2D eigenvalue weighted by molar-refractivity contribution is 0.101. The van der Waals surface area contributed by atoms with Gasteiger partial charge in [0.25, 0.3) is 5.91 Å². The average Bonchev–Trinajstić information content (AvgIpc) is 3.30. The van der Waals surface area contributed by atoms with Crippen molar-refractivity contribution in [3.05, 3.63) is 58.9 Å². The lowest BCUT2D eigenvalue weighted by Crippen LogP contribution is -2.16. The number of amides is 1. The Morgan fingerprint density at radius 2 is 2.04 bits per heavy atom. The SMILES string of the molecule is CCn1c(C(=O)Nc2nc(-c3ccccc3)cs2)cc2sccc21. The van der Waals surface area contributed by atoms with Gasteiger partial charge in [0, 0.05) is 17.5 Å². The number of thiophene rings is 1. The molecular formula is C18H15N3OS2. The van der Waals surface area contributed by atoms with Crippen molar-refractivity contribution in [1.82, 2.24) is 9.55 Å². The monoisotopic (exact) mass is 353 g/mol. The zero-order chi connectivity index (χ0) is 16.5. The third-order valence-corrected chi connectivity index (χ3v) is 5.48. The Balaban J connectivity index is 1.60. The number of hydrogen-bond acceptors (Lipinski definition) is 4. The molecule has 4 nitrogen and oxygen atoms in total. The molecule has 3 aromatic heterocycles. The van der Waals surface area contributed by atoms with Crippen LogP contribution in [0, 0.1) is 0 Å². The molecule has 0 saturated carbocycles. The van der Waals surface area contributed by atoms with Crippen molar-refractivity contribution in [2.75, 3.05) is 5.32 Å². The van der Waals surface area contributed by atoms with E-state index in [9.17, 15) is 4.79 Å². The normalized spacial score (nSPS) is 11.0. The van der Waals surface area contributed by atoms with Crippen molar-refractivity contribution in [3.63, 3.8) is 0 Å². The van der Waals surface area contributed by atoms with Gasteiger partial charge in [-0.1, -0.05) is 30.3 Å². The molecule has 0 aliphatic carbocycles. The highest BCUT2D eigenvalue weighted by atomic mass is 32.1. The third kappa shape index (κ3) is 2.64. The number of benzene rings is 1. The predicted molar refractivity (Wildman–Crippen MR) is 101 cm³/mol. The number of carbonyl (C=O) groups excluding carboxylic acids is 1. The fourth-order valence-electron chi connectivity index (χ4n) is 2.74. The molecule has 0 unspecified atom stereocenters. The first-order chi connectivity index (χ1) is 11.8.